The number of amides is 1. The minimum Gasteiger partial charge on any atom is -0.497 e. The Balaban J connectivity index is 1.81. The molecule has 0 bridgehead atoms. The van der Waals surface area contributed by atoms with Gasteiger partial charge < -0.3 is 24.3 Å². The molecule has 4 rings (SSSR count). The standard InChI is InChI=1S/C31H29F4N3O5/c1-5-41-26-14-20(15-37-30(26)43-17-19-7-9-22(40-4)10-8-19)23-11-12-25(38-18(3)39)28(32)27(23)21-13-24(31(33,34)35)29(36-16-21)42-6-2/h7-16H,5-6,17H2,1-4H3,(H,38,39). The Kier molecular flexibility index (Phi) is 9.69. The van der Waals surface area contributed by atoms with Crippen LogP contribution in [0.3, 0.4) is 0 Å². The van der Waals surface area contributed by atoms with Crippen LogP contribution in [0.15, 0.2) is 60.9 Å². The van der Waals surface area contributed by atoms with Gasteiger partial charge in [0.2, 0.25) is 11.8 Å². The van der Waals surface area contributed by atoms with Gasteiger partial charge in [0, 0.05) is 36.0 Å². The van der Waals surface area contributed by atoms with Crippen LogP contribution >= 0.6 is 0 Å². The van der Waals surface area contributed by atoms with Crippen molar-refractivity contribution < 1.29 is 41.3 Å². The molecule has 0 unspecified atom stereocenters. The van der Waals surface area contributed by atoms with Crippen LogP contribution < -0.4 is 24.3 Å². The number of pyridine rings is 2. The van der Waals surface area contributed by atoms with E-state index >= 15 is 4.39 Å². The molecule has 0 aliphatic heterocycles. The zero-order valence-corrected chi connectivity index (χ0v) is 23.8. The number of hydrogen-bond donors (Lipinski definition) is 1. The summed E-state index contributed by atoms with van der Waals surface area (Å²) in [5, 5.41) is 2.37. The lowest BCUT2D eigenvalue weighted by Crippen LogP contribution is -2.11. The number of ether oxygens (including phenoxy) is 4. The first kappa shape index (κ1) is 31.1. The molecule has 12 heteroatoms. The summed E-state index contributed by atoms with van der Waals surface area (Å²) in [6, 6.07) is 12.4. The van der Waals surface area contributed by atoms with E-state index in [4.69, 9.17) is 18.9 Å². The van der Waals surface area contributed by atoms with Crippen molar-refractivity contribution in [2.24, 2.45) is 0 Å². The molecule has 1 N–H and O–H groups in total. The average molecular weight is 600 g/mol. The van der Waals surface area contributed by atoms with E-state index in [1.54, 1.807) is 32.2 Å². The molecule has 226 valence electrons. The van der Waals surface area contributed by atoms with Gasteiger partial charge in [-0.1, -0.05) is 18.2 Å². The lowest BCUT2D eigenvalue weighted by atomic mass is 9.94. The maximum Gasteiger partial charge on any atom is 0.421 e. The van der Waals surface area contributed by atoms with Gasteiger partial charge in [-0.3, -0.25) is 4.79 Å². The number of rotatable bonds is 11. The summed E-state index contributed by atoms with van der Waals surface area (Å²) in [6.07, 6.45) is -2.34. The average Bonchev–Trinajstić information content (AvgIpc) is 2.97. The maximum atomic E-state index is 16.0. The van der Waals surface area contributed by atoms with E-state index in [0.29, 0.717) is 11.3 Å². The van der Waals surface area contributed by atoms with Crippen molar-refractivity contribution in [2.45, 2.75) is 33.6 Å². The van der Waals surface area contributed by atoms with Gasteiger partial charge >= 0.3 is 6.18 Å². The van der Waals surface area contributed by atoms with Gasteiger partial charge in [-0.25, -0.2) is 14.4 Å². The third kappa shape index (κ3) is 7.32. The number of nitrogens with one attached hydrogen (secondary N) is 1. The van der Waals surface area contributed by atoms with Gasteiger partial charge in [0.15, 0.2) is 11.6 Å². The van der Waals surface area contributed by atoms with Crippen LogP contribution in [-0.2, 0) is 17.6 Å². The molecule has 0 spiro atoms. The fraction of sp³-hybridized carbons (Fsp3) is 0.258. The molecule has 0 saturated carbocycles. The zero-order chi connectivity index (χ0) is 31.1. The Hall–Kier alpha value is -4.87. The molecule has 1 amide bonds. The number of nitrogens with zero attached hydrogens (tertiary/aromatic N) is 2. The van der Waals surface area contributed by atoms with Crippen LogP contribution in [0.25, 0.3) is 22.3 Å². The smallest absolute Gasteiger partial charge is 0.421 e. The highest BCUT2D eigenvalue weighted by atomic mass is 19.4. The highest BCUT2D eigenvalue weighted by molar-refractivity contribution is 5.93. The van der Waals surface area contributed by atoms with Gasteiger partial charge in [0.05, 0.1) is 26.0 Å². The van der Waals surface area contributed by atoms with E-state index in [1.165, 1.54) is 32.2 Å². The predicted octanol–water partition coefficient (Wildman–Crippen LogP) is 7.31. The molecule has 8 nitrogen and oxygen atoms in total. The van der Waals surface area contributed by atoms with E-state index in [-0.39, 0.29) is 53.8 Å². The fourth-order valence-corrected chi connectivity index (χ4v) is 4.25. The molecule has 0 saturated heterocycles. The van der Waals surface area contributed by atoms with Gasteiger partial charge in [0.25, 0.3) is 5.88 Å². The minimum absolute atomic E-state index is 0.0498. The molecule has 0 atom stereocenters. The molecule has 0 aliphatic rings. The van der Waals surface area contributed by atoms with Crippen LogP contribution in [0.1, 0.15) is 31.9 Å². The lowest BCUT2D eigenvalue weighted by Gasteiger charge is -2.18. The first-order chi connectivity index (χ1) is 20.5. The summed E-state index contributed by atoms with van der Waals surface area (Å²) in [6.45, 7) is 4.85. The molecule has 0 aliphatic carbocycles. The summed E-state index contributed by atoms with van der Waals surface area (Å²) < 4.78 is 79.7. The molecule has 4 aromatic rings. The van der Waals surface area contributed by atoms with E-state index in [0.717, 1.165) is 17.8 Å². The van der Waals surface area contributed by atoms with Crippen LogP contribution in [0, 0.1) is 5.82 Å². The second-order valence-electron chi connectivity index (χ2n) is 9.14. The van der Waals surface area contributed by atoms with E-state index < -0.39 is 29.3 Å². The van der Waals surface area contributed by atoms with Crippen molar-refractivity contribution in [1.82, 2.24) is 9.97 Å². The number of carbonyl (C=O) groups is 1. The Bertz CT molecular complexity index is 1590. The quantitative estimate of drug-likeness (QED) is 0.181. The van der Waals surface area contributed by atoms with E-state index in [1.807, 2.05) is 12.1 Å². The molecular formula is C31H29F4N3O5. The molecule has 2 aromatic carbocycles. The number of anilines is 1. The number of hydrogen-bond acceptors (Lipinski definition) is 7. The van der Waals surface area contributed by atoms with Gasteiger partial charge in [-0.2, -0.15) is 13.2 Å². The number of halogens is 4. The fourth-order valence-electron chi connectivity index (χ4n) is 4.25. The molecule has 2 heterocycles. The summed E-state index contributed by atoms with van der Waals surface area (Å²) >= 11 is 0. The highest BCUT2D eigenvalue weighted by Crippen LogP contribution is 2.43. The zero-order valence-electron chi connectivity index (χ0n) is 23.8. The maximum absolute atomic E-state index is 16.0. The number of aromatic nitrogens is 2. The summed E-state index contributed by atoms with van der Waals surface area (Å²) in [5.41, 5.74) is -0.456. The van der Waals surface area contributed by atoms with Crippen LogP contribution in [0.2, 0.25) is 0 Å². The Morgan fingerprint density at radius 3 is 2.19 bits per heavy atom. The Labute approximate surface area is 245 Å². The summed E-state index contributed by atoms with van der Waals surface area (Å²) in [7, 11) is 1.57. The van der Waals surface area contributed by atoms with E-state index in [9.17, 15) is 18.0 Å². The second kappa shape index (κ2) is 13.4. The Morgan fingerprint density at radius 1 is 0.884 bits per heavy atom. The monoisotopic (exact) mass is 599 g/mol. The number of benzene rings is 2. The van der Waals surface area contributed by atoms with Crippen molar-refractivity contribution in [3.05, 3.63) is 77.9 Å². The van der Waals surface area contributed by atoms with E-state index in [2.05, 4.69) is 15.3 Å². The molecule has 0 radical (unpaired) electrons. The number of alkyl halides is 3. The minimum atomic E-state index is -4.83. The summed E-state index contributed by atoms with van der Waals surface area (Å²) in [4.78, 5) is 19.9. The van der Waals surface area contributed by atoms with Crippen molar-refractivity contribution in [3.63, 3.8) is 0 Å². The van der Waals surface area contributed by atoms with Crippen molar-refractivity contribution >= 4 is 11.6 Å². The van der Waals surface area contributed by atoms with Crippen molar-refractivity contribution in [2.75, 3.05) is 25.6 Å². The van der Waals surface area contributed by atoms with Gasteiger partial charge in [-0.05, 0) is 55.3 Å². The topological polar surface area (TPSA) is 91.8 Å². The largest absolute Gasteiger partial charge is 0.497 e. The van der Waals surface area contributed by atoms with Crippen LogP contribution in [-0.4, -0.2) is 36.2 Å². The number of methoxy groups -OCH3 is 1. The van der Waals surface area contributed by atoms with Crippen LogP contribution in [0.4, 0.5) is 23.2 Å². The second-order valence-corrected chi connectivity index (χ2v) is 9.14. The molecule has 0 fully saturated rings. The predicted molar refractivity (Wildman–Crippen MR) is 152 cm³/mol. The SMILES string of the molecule is CCOc1cc(-c2ccc(NC(C)=O)c(F)c2-c2cnc(OCC)c(C(F)(F)F)c2)cnc1OCc1ccc(OC)cc1. The third-order valence-corrected chi connectivity index (χ3v) is 6.14. The number of carbonyl (C=O) groups excluding carboxylic acids is 1. The molecule has 43 heavy (non-hydrogen) atoms. The molecule has 2 aromatic heterocycles. The third-order valence-electron chi connectivity index (χ3n) is 6.14. The van der Waals surface area contributed by atoms with Gasteiger partial charge in [-0.15, -0.1) is 0 Å². The first-order valence-electron chi connectivity index (χ1n) is 13.2. The Morgan fingerprint density at radius 2 is 1.56 bits per heavy atom. The van der Waals surface area contributed by atoms with Gasteiger partial charge in [0.1, 0.15) is 17.9 Å². The highest BCUT2D eigenvalue weighted by Gasteiger charge is 2.36. The van der Waals surface area contributed by atoms with Crippen molar-refractivity contribution in [3.8, 4) is 45.5 Å². The lowest BCUT2D eigenvalue weighted by molar-refractivity contribution is -0.139. The summed E-state index contributed by atoms with van der Waals surface area (Å²) in [5.74, 6) is -1.04. The normalized spacial score (nSPS) is 11.2. The van der Waals surface area contributed by atoms with Crippen molar-refractivity contribution in [1.29, 1.82) is 0 Å². The van der Waals surface area contributed by atoms with Crippen LogP contribution in [0.5, 0.6) is 23.3 Å². The first-order valence-corrected chi connectivity index (χ1v) is 13.2. The molecular weight excluding hydrogens is 570 g/mol.